The van der Waals surface area contributed by atoms with Crippen molar-refractivity contribution in [3.63, 3.8) is 0 Å². The molecule has 0 spiro atoms. The number of nitrogens with one attached hydrogen (secondary N) is 1. The van der Waals surface area contributed by atoms with Gasteiger partial charge in [-0.2, -0.15) is 10.2 Å². The number of amides is 1. The zero-order valence-electron chi connectivity index (χ0n) is 15.0. The number of rotatable bonds is 6. The molecule has 1 N–H and O–H groups in total. The minimum Gasteiger partial charge on any atom is -0.378 e. The molecule has 8 heteroatoms. The fourth-order valence-corrected chi connectivity index (χ4v) is 3.16. The van der Waals surface area contributed by atoms with Crippen LogP contribution >= 0.6 is 0 Å². The van der Waals surface area contributed by atoms with Crippen molar-refractivity contribution >= 4 is 11.6 Å². The first-order chi connectivity index (χ1) is 12.0. The van der Waals surface area contributed by atoms with Gasteiger partial charge < -0.3 is 15.0 Å². The lowest BCUT2D eigenvalue weighted by Gasteiger charge is -2.35. The van der Waals surface area contributed by atoms with E-state index in [0.29, 0.717) is 13.1 Å². The summed E-state index contributed by atoms with van der Waals surface area (Å²) in [6, 6.07) is 2.11. The lowest BCUT2D eigenvalue weighted by Crippen LogP contribution is -2.49. The maximum atomic E-state index is 12.5. The molecule has 0 bridgehead atoms. The van der Waals surface area contributed by atoms with Crippen LogP contribution in [0.25, 0.3) is 0 Å². The molecule has 3 atom stereocenters. The first kappa shape index (κ1) is 17.5. The third kappa shape index (κ3) is 4.82. The van der Waals surface area contributed by atoms with Crippen molar-refractivity contribution in [1.29, 1.82) is 0 Å². The highest BCUT2D eigenvalue weighted by Crippen LogP contribution is 2.12. The van der Waals surface area contributed by atoms with Gasteiger partial charge in [-0.25, -0.2) is 0 Å². The van der Waals surface area contributed by atoms with E-state index in [1.54, 1.807) is 17.1 Å². The summed E-state index contributed by atoms with van der Waals surface area (Å²) in [5.41, 5.74) is 0.899. The molecule has 8 nitrogen and oxygen atoms in total. The molecule has 3 unspecified atom stereocenters. The number of ether oxygens (including phenoxy) is 1. The maximum Gasteiger partial charge on any atom is 0.244 e. The van der Waals surface area contributed by atoms with E-state index in [1.807, 2.05) is 41.9 Å². The van der Waals surface area contributed by atoms with E-state index in [1.165, 1.54) is 0 Å². The zero-order chi connectivity index (χ0) is 17.8. The Bertz CT molecular complexity index is 673. The van der Waals surface area contributed by atoms with Crippen molar-refractivity contribution in [3.05, 3.63) is 30.9 Å². The molecule has 136 valence electrons. The molecule has 1 saturated heterocycles. The average molecular weight is 346 g/mol. The molecule has 3 rings (SSSR count). The highest BCUT2D eigenvalue weighted by molar-refractivity contribution is 5.76. The first-order valence-corrected chi connectivity index (χ1v) is 8.69. The number of hydrogen-bond donors (Lipinski definition) is 1. The largest absolute Gasteiger partial charge is 0.378 e. The van der Waals surface area contributed by atoms with Crippen LogP contribution < -0.4 is 5.32 Å². The van der Waals surface area contributed by atoms with Crippen molar-refractivity contribution in [2.45, 2.75) is 52.1 Å². The van der Waals surface area contributed by atoms with Crippen LogP contribution in [0.5, 0.6) is 0 Å². The molecule has 1 aliphatic heterocycles. The second-order valence-corrected chi connectivity index (χ2v) is 6.76. The Hall–Kier alpha value is -2.35. The van der Waals surface area contributed by atoms with Crippen molar-refractivity contribution in [2.75, 3.05) is 18.4 Å². The highest BCUT2D eigenvalue weighted by Gasteiger charge is 2.26. The van der Waals surface area contributed by atoms with Gasteiger partial charge in [-0.15, -0.1) is 0 Å². The van der Waals surface area contributed by atoms with E-state index in [2.05, 4.69) is 22.4 Å². The molecule has 1 amide bonds. The number of carbonyl (C=O) groups is 1. The Kier molecular flexibility index (Phi) is 5.37. The van der Waals surface area contributed by atoms with E-state index >= 15 is 0 Å². The number of carbonyl (C=O) groups excluding carboxylic acids is 1. The predicted octanol–water partition coefficient (Wildman–Crippen LogP) is 1.22. The van der Waals surface area contributed by atoms with Gasteiger partial charge in [-0.1, -0.05) is 0 Å². The Morgan fingerprint density at radius 3 is 2.76 bits per heavy atom. The molecule has 1 fully saturated rings. The standard InChI is InChI=1S/C17H26N6O2/c1-13(8-22-6-4-5-18-22)20-16-7-19-23(11-16)12-17(24)21-9-14(2)25-15(3)10-21/h4-7,11,13-15,20H,8-10,12H2,1-3H3. The van der Waals surface area contributed by atoms with Crippen molar-refractivity contribution < 1.29 is 9.53 Å². The van der Waals surface area contributed by atoms with Crippen molar-refractivity contribution in [3.8, 4) is 0 Å². The molecule has 0 saturated carbocycles. The molecule has 2 aromatic rings. The molecular formula is C17H26N6O2. The monoisotopic (exact) mass is 346 g/mol. The SMILES string of the molecule is CC(Cn1cccn1)Nc1cnn(CC(=O)N2CC(C)OC(C)C2)c1. The molecule has 1 aliphatic rings. The predicted molar refractivity (Wildman–Crippen MR) is 94.1 cm³/mol. The van der Waals surface area contributed by atoms with E-state index < -0.39 is 0 Å². The summed E-state index contributed by atoms with van der Waals surface area (Å²) in [7, 11) is 0. The number of aromatic nitrogens is 4. The quantitative estimate of drug-likeness (QED) is 0.851. The fraction of sp³-hybridized carbons (Fsp3) is 0.588. The summed E-state index contributed by atoms with van der Waals surface area (Å²) >= 11 is 0. The minimum atomic E-state index is 0.0706. The Balaban J connectivity index is 1.51. The highest BCUT2D eigenvalue weighted by atomic mass is 16.5. The van der Waals surface area contributed by atoms with E-state index in [9.17, 15) is 4.79 Å². The number of morpholine rings is 1. The van der Waals surface area contributed by atoms with Gasteiger partial charge in [-0.3, -0.25) is 14.2 Å². The average Bonchev–Trinajstić information content (AvgIpc) is 3.18. The van der Waals surface area contributed by atoms with Gasteiger partial charge in [0, 0.05) is 37.7 Å². The second-order valence-electron chi connectivity index (χ2n) is 6.76. The van der Waals surface area contributed by atoms with E-state index in [0.717, 1.165) is 12.2 Å². The third-order valence-electron chi connectivity index (χ3n) is 4.14. The van der Waals surface area contributed by atoms with E-state index in [-0.39, 0.29) is 30.7 Å². The molecule has 0 aliphatic carbocycles. The third-order valence-corrected chi connectivity index (χ3v) is 4.14. The second kappa shape index (κ2) is 7.69. The molecular weight excluding hydrogens is 320 g/mol. The Morgan fingerprint density at radius 2 is 2.08 bits per heavy atom. The van der Waals surface area contributed by atoms with Gasteiger partial charge in [0.1, 0.15) is 6.54 Å². The minimum absolute atomic E-state index is 0.0706. The van der Waals surface area contributed by atoms with Gasteiger partial charge in [0.05, 0.1) is 30.6 Å². The Labute approximate surface area is 147 Å². The number of hydrogen-bond acceptors (Lipinski definition) is 5. The van der Waals surface area contributed by atoms with Gasteiger partial charge in [0.2, 0.25) is 5.91 Å². The molecule has 0 radical (unpaired) electrons. The topological polar surface area (TPSA) is 77.2 Å². The van der Waals surface area contributed by atoms with Crippen LogP contribution in [-0.2, 0) is 22.6 Å². The van der Waals surface area contributed by atoms with Crippen LogP contribution in [0.3, 0.4) is 0 Å². The van der Waals surface area contributed by atoms with Gasteiger partial charge in [0.25, 0.3) is 0 Å². The van der Waals surface area contributed by atoms with Crippen LogP contribution in [0.1, 0.15) is 20.8 Å². The van der Waals surface area contributed by atoms with Crippen LogP contribution in [0.15, 0.2) is 30.9 Å². The van der Waals surface area contributed by atoms with Crippen molar-refractivity contribution in [1.82, 2.24) is 24.5 Å². The normalized spacial score (nSPS) is 22.0. The van der Waals surface area contributed by atoms with Crippen LogP contribution in [0, 0.1) is 0 Å². The van der Waals surface area contributed by atoms with E-state index in [4.69, 9.17) is 4.74 Å². The number of anilines is 1. The molecule has 2 aromatic heterocycles. The van der Waals surface area contributed by atoms with Crippen LogP contribution in [0.4, 0.5) is 5.69 Å². The summed E-state index contributed by atoms with van der Waals surface area (Å²) in [6.45, 7) is 8.35. The fourth-order valence-electron chi connectivity index (χ4n) is 3.16. The van der Waals surface area contributed by atoms with Gasteiger partial charge in [-0.05, 0) is 26.8 Å². The summed E-state index contributed by atoms with van der Waals surface area (Å²) in [6.07, 6.45) is 7.47. The van der Waals surface area contributed by atoms with Crippen molar-refractivity contribution in [2.24, 2.45) is 0 Å². The zero-order valence-corrected chi connectivity index (χ0v) is 15.0. The molecule has 3 heterocycles. The lowest BCUT2D eigenvalue weighted by molar-refractivity contribution is -0.144. The Morgan fingerprint density at radius 1 is 1.32 bits per heavy atom. The summed E-state index contributed by atoms with van der Waals surface area (Å²) < 4.78 is 9.23. The first-order valence-electron chi connectivity index (χ1n) is 8.69. The van der Waals surface area contributed by atoms with Crippen LogP contribution in [-0.4, -0.2) is 61.7 Å². The molecule has 25 heavy (non-hydrogen) atoms. The lowest BCUT2D eigenvalue weighted by atomic mass is 10.2. The van der Waals surface area contributed by atoms with Crippen LogP contribution in [0.2, 0.25) is 0 Å². The van der Waals surface area contributed by atoms with Gasteiger partial charge >= 0.3 is 0 Å². The van der Waals surface area contributed by atoms with Gasteiger partial charge in [0.15, 0.2) is 0 Å². The summed E-state index contributed by atoms with van der Waals surface area (Å²) in [5.74, 6) is 0.0706. The summed E-state index contributed by atoms with van der Waals surface area (Å²) in [5, 5.41) is 11.9. The number of nitrogens with zero attached hydrogens (tertiary/aromatic N) is 5. The maximum absolute atomic E-state index is 12.5. The molecule has 0 aromatic carbocycles. The smallest absolute Gasteiger partial charge is 0.244 e. The summed E-state index contributed by atoms with van der Waals surface area (Å²) in [4.78, 5) is 14.3.